The Labute approximate surface area is 199 Å². The molecule has 164 valence electrons. The maximum atomic E-state index is 12.3. The SMILES string of the molecule is CCCCCCC(=O)NCCc1c(-c2ccc3cc(Br)ccc3c2)ccc2ccccc12. The van der Waals surface area contributed by atoms with Gasteiger partial charge in [0.1, 0.15) is 0 Å². The van der Waals surface area contributed by atoms with E-state index in [2.05, 4.69) is 101 Å². The summed E-state index contributed by atoms with van der Waals surface area (Å²) in [5, 5.41) is 8.09. The molecule has 1 amide bonds. The molecule has 3 heteroatoms. The van der Waals surface area contributed by atoms with E-state index in [1.54, 1.807) is 0 Å². The van der Waals surface area contributed by atoms with Crippen LogP contribution in [0.3, 0.4) is 0 Å². The Kier molecular flexibility index (Phi) is 7.59. The van der Waals surface area contributed by atoms with Crippen LogP contribution in [0.4, 0.5) is 0 Å². The van der Waals surface area contributed by atoms with Crippen LogP contribution in [-0.4, -0.2) is 12.5 Å². The molecule has 0 radical (unpaired) electrons. The monoisotopic (exact) mass is 487 g/mol. The average Bonchev–Trinajstić information content (AvgIpc) is 2.81. The summed E-state index contributed by atoms with van der Waals surface area (Å²) in [5.74, 6) is 0.166. The lowest BCUT2D eigenvalue weighted by Gasteiger charge is -2.15. The minimum absolute atomic E-state index is 0.166. The van der Waals surface area contributed by atoms with Crippen molar-refractivity contribution in [1.29, 1.82) is 0 Å². The third-order valence-corrected chi connectivity index (χ3v) is 6.60. The Morgan fingerprint density at radius 3 is 2.50 bits per heavy atom. The zero-order valence-electron chi connectivity index (χ0n) is 18.7. The number of benzene rings is 4. The van der Waals surface area contributed by atoms with Crippen LogP contribution in [0.1, 0.15) is 44.6 Å². The fourth-order valence-corrected chi connectivity index (χ4v) is 4.77. The molecular formula is C29H30BrNO. The van der Waals surface area contributed by atoms with E-state index in [1.165, 1.54) is 51.1 Å². The number of hydrogen-bond acceptors (Lipinski definition) is 1. The molecule has 0 aromatic heterocycles. The molecule has 4 rings (SSSR count). The number of carbonyl (C=O) groups excluding carboxylic acids is 1. The van der Waals surface area contributed by atoms with Crippen LogP contribution < -0.4 is 5.32 Å². The van der Waals surface area contributed by atoms with Gasteiger partial charge in [-0.1, -0.05) is 96.7 Å². The highest BCUT2D eigenvalue weighted by atomic mass is 79.9. The van der Waals surface area contributed by atoms with Crippen LogP contribution in [0, 0.1) is 0 Å². The summed E-state index contributed by atoms with van der Waals surface area (Å²) < 4.78 is 1.09. The molecule has 0 spiro atoms. The largest absolute Gasteiger partial charge is 0.356 e. The highest BCUT2D eigenvalue weighted by Crippen LogP contribution is 2.33. The van der Waals surface area contributed by atoms with Crippen LogP contribution >= 0.6 is 15.9 Å². The molecule has 4 aromatic rings. The fraction of sp³-hybridized carbons (Fsp3) is 0.276. The molecule has 0 aliphatic carbocycles. The van der Waals surface area contributed by atoms with E-state index in [1.807, 2.05) is 0 Å². The van der Waals surface area contributed by atoms with Crippen molar-refractivity contribution in [3.63, 3.8) is 0 Å². The number of fused-ring (bicyclic) bond motifs is 2. The second-order valence-corrected chi connectivity index (χ2v) is 9.35. The van der Waals surface area contributed by atoms with Gasteiger partial charge >= 0.3 is 0 Å². The van der Waals surface area contributed by atoms with E-state index in [-0.39, 0.29) is 5.91 Å². The van der Waals surface area contributed by atoms with E-state index < -0.39 is 0 Å². The minimum atomic E-state index is 0.166. The summed E-state index contributed by atoms with van der Waals surface area (Å²) in [6.45, 7) is 2.85. The van der Waals surface area contributed by atoms with Crippen LogP contribution in [0.2, 0.25) is 0 Å². The van der Waals surface area contributed by atoms with Crippen molar-refractivity contribution >= 4 is 43.4 Å². The molecule has 0 bridgehead atoms. The zero-order chi connectivity index (χ0) is 22.3. The van der Waals surface area contributed by atoms with Gasteiger partial charge in [-0.25, -0.2) is 0 Å². The van der Waals surface area contributed by atoms with Gasteiger partial charge in [-0.05, 0) is 69.3 Å². The minimum Gasteiger partial charge on any atom is -0.356 e. The van der Waals surface area contributed by atoms with Crippen molar-refractivity contribution in [3.8, 4) is 11.1 Å². The topological polar surface area (TPSA) is 29.1 Å². The number of carbonyl (C=O) groups is 1. The molecule has 0 unspecified atom stereocenters. The fourth-order valence-electron chi connectivity index (χ4n) is 4.39. The Morgan fingerprint density at radius 2 is 1.62 bits per heavy atom. The Hall–Kier alpha value is -2.65. The van der Waals surface area contributed by atoms with Crippen molar-refractivity contribution in [3.05, 3.63) is 82.8 Å². The molecule has 0 atom stereocenters. The van der Waals surface area contributed by atoms with E-state index in [0.29, 0.717) is 13.0 Å². The quantitative estimate of drug-likeness (QED) is 0.237. The van der Waals surface area contributed by atoms with E-state index in [9.17, 15) is 4.79 Å². The lowest BCUT2D eigenvalue weighted by atomic mass is 9.91. The predicted octanol–water partition coefficient (Wildman–Crippen LogP) is 8.05. The average molecular weight is 488 g/mol. The van der Waals surface area contributed by atoms with Crippen molar-refractivity contribution in [2.24, 2.45) is 0 Å². The first-order valence-corrected chi connectivity index (χ1v) is 12.4. The van der Waals surface area contributed by atoms with Gasteiger partial charge in [-0.2, -0.15) is 0 Å². The maximum Gasteiger partial charge on any atom is 0.220 e. The zero-order valence-corrected chi connectivity index (χ0v) is 20.3. The standard InChI is InChI=1S/C29H30BrNO/c1-2-3-4-5-10-29(32)31-18-17-28-26-9-7-6-8-21(26)14-16-27(28)24-12-11-23-20-25(30)15-13-22(23)19-24/h6-9,11-16,19-20H,2-5,10,17-18H2,1H3,(H,31,32). The second kappa shape index (κ2) is 10.8. The molecule has 0 saturated carbocycles. The molecule has 1 N–H and O–H groups in total. The van der Waals surface area contributed by atoms with Gasteiger partial charge < -0.3 is 5.32 Å². The molecule has 0 aliphatic rings. The third-order valence-electron chi connectivity index (χ3n) is 6.11. The number of hydrogen-bond donors (Lipinski definition) is 1. The van der Waals surface area contributed by atoms with Crippen molar-refractivity contribution in [1.82, 2.24) is 5.32 Å². The summed E-state index contributed by atoms with van der Waals surface area (Å²) in [7, 11) is 0. The van der Waals surface area contributed by atoms with Crippen molar-refractivity contribution < 1.29 is 4.79 Å². The number of nitrogens with one attached hydrogen (secondary N) is 1. The molecule has 0 fully saturated rings. The Morgan fingerprint density at radius 1 is 0.844 bits per heavy atom. The first-order chi connectivity index (χ1) is 15.7. The normalized spacial score (nSPS) is 11.2. The Balaban J connectivity index is 1.59. The summed E-state index contributed by atoms with van der Waals surface area (Å²) in [6.07, 6.45) is 5.95. The van der Waals surface area contributed by atoms with Gasteiger partial charge in [0.2, 0.25) is 5.91 Å². The van der Waals surface area contributed by atoms with Crippen LogP contribution in [0.25, 0.3) is 32.7 Å². The lowest BCUT2D eigenvalue weighted by Crippen LogP contribution is -2.25. The van der Waals surface area contributed by atoms with Crippen LogP contribution in [0.15, 0.2) is 77.3 Å². The van der Waals surface area contributed by atoms with Crippen LogP contribution in [-0.2, 0) is 11.2 Å². The van der Waals surface area contributed by atoms with Gasteiger partial charge in [0.05, 0.1) is 0 Å². The van der Waals surface area contributed by atoms with Crippen molar-refractivity contribution in [2.45, 2.75) is 45.4 Å². The molecular weight excluding hydrogens is 458 g/mol. The highest BCUT2D eigenvalue weighted by Gasteiger charge is 2.11. The highest BCUT2D eigenvalue weighted by molar-refractivity contribution is 9.10. The smallest absolute Gasteiger partial charge is 0.220 e. The van der Waals surface area contributed by atoms with Gasteiger partial charge in [0.15, 0.2) is 0 Å². The maximum absolute atomic E-state index is 12.3. The molecule has 2 nitrogen and oxygen atoms in total. The van der Waals surface area contributed by atoms with Gasteiger partial charge in [0, 0.05) is 17.4 Å². The van der Waals surface area contributed by atoms with E-state index in [4.69, 9.17) is 0 Å². The molecule has 32 heavy (non-hydrogen) atoms. The number of rotatable bonds is 9. The summed E-state index contributed by atoms with van der Waals surface area (Å²) >= 11 is 3.56. The lowest BCUT2D eigenvalue weighted by molar-refractivity contribution is -0.121. The van der Waals surface area contributed by atoms with Gasteiger partial charge in [0.25, 0.3) is 0 Å². The van der Waals surface area contributed by atoms with Gasteiger partial charge in [-0.15, -0.1) is 0 Å². The number of halogens is 1. The molecule has 4 aromatic carbocycles. The predicted molar refractivity (Wildman–Crippen MR) is 140 cm³/mol. The first kappa shape index (κ1) is 22.5. The third kappa shape index (κ3) is 5.39. The molecule has 0 saturated heterocycles. The summed E-state index contributed by atoms with van der Waals surface area (Å²) in [4.78, 5) is 12.3. The van der Waals surface area contributed by atoms with E-state index in [0.717, 1.165) is 23.7 Å². The molecule has 0 aliphatic heterocycles. The molecule has 0 heterocycles. The number of amides is 1. The first-order valence-electron chi connectivity index (χ1n) is 11.6. The summed E-state index contributed by atoms with van der Waals surface area (Å²) in [5.41, 5.74) is 3.75. The summed E-state index contributed by atoms with van der Waals surface area (Å²) in [6, 6.07) is 26.0. The van der Waals surface area contributed by atoms with Crippen molar-refractivity contribution in [2.75, 3.05) is 6.54 Å². The second-order valence-electron chi connectivity index (χ2n) is 8.43. The Bertz CT molecular complexity index is 1230. The van der Waals surface area contributed by atoms with Crippen LogP contribution in [0.5, 0.6) is 0 Å². The van der Waals surface area contributed by atoms with Gasteiger partial charge in [-0.3, -0.25) is 4.79 Å². The van der Waals surface area contributed by atoms with E-state index >= 15 is 0 Å². The number of unbranched alkanes of at least 4 members (excludes halogenated alkanes) is 3.